The van der Waals surface area contributed by atoms with E-state index >= 15 is 0 Å². The lowest BCUT2D eigenvalue weighted by molar-refractivity contribution is -0.139. The summed E-state index contributed by atoms with van der Waals surface area (Å²) >= 11 is 5.73. The molecule has 0 aliphatic heterocycles. The van der Waals surface area contributed by atoms with Crippen LogP contribution in [0.15, 0.2) is 12.3 Å². The van der Waals surface area contributed by atoms with E-state index in [-0.39, 0.29) is 12.4 Å². The number of carbonyl (C=O) groups is 1. The minimum absolute atomic E-state index is 0.218. The minimum atomic E-state index is -0.285. The molecule has 0 saturated carbocycles. The molecule has 13 heavy (non-hydrogen) atoms. The number of hydrogen-bond acceptors (Lipinski definition) is 3. The van der Waals surface area contributed by atoms with Crippen LogP contribution in [0.4, 0.5) is 0 Å². The number of rotatable bonds is 2. The van der Waals surface area contributed by atoms with Crippen molar-refractivity contribution in [2.45, 2.75) is 13.3 Å². The Hall–Kier alpha value is -1.09. The molecule has 0 fully saturated rings. The lowest BCUT2D eigenvalue weighted by atomic mass is 10.1. The smallest absolute Gasteiger partial charge is 0.310 e. The Bertz CT molecular complexity index is 325. The number of hydrogen-bond donors (Lipinski definition) is 0. The van der Waals surface area contributed by atoms with E-state index in [2.05, 4.69) is 9.72 Å². The first kappa shape index (κ1) is 9.99. The minimum Gasteiger partial charge on any atom is -0.469 e. The Morgan fingerprint density at radius 2 is 2.38 bits per heavy atom. The third-order valence-electron chi connectivity index (χ3n) is 1.72. The number of halogens is 1. The number of aryl methyl sites for hydroxylation is 1. The average molecular weight is 200 g/mol. The maximum atomic E-state index is 11.0. The third-order valence-corrected chi connectivity index (χ3v) is 1.93. The predicted molar refractivity (Wildman–Crippen MR) is 49.7 cm³/mol. The van der Waals surface area contributed by atoms with Crippen molar-refractivity contribution in [1.82, 2.24) is 4.98 Å². The summed E-state index contributed by atoms with van der Waals surface area (Å²) in [6.07, 6.45) is 1.77. The van der Waals surface area contributed by atoms with E-state index in [9.17, 15) is 4.79 Å². The molecule has 0 N–H and O–H groups in total. The maximum Gasteiger partial charge on any atom is 0.310 e. The number of aromatic nitrogens is 1. The van der Waals surface area contributed by atoms with Gasteiger partial charge in [0.05, 0.1) is 18.6 Å². The van der Waals surface area contributed by atoms with Crippen molar-refractivity contribution in [2.24, 2.45) is 0 Å². The fraction of sp³-hybridized carbons (Fsp3) is 0.333. The summed E-state index contributed by atoms with van der Waals surface area (Å²) in [7, 11) is 1.36. The van der Waals surface area contributed by atoms with E-state index in [1.165, 1.54) is 7.11 Å². The molecule has 0 aromatic carbocycles. The Labute approximate surface area is 81.7 Å². The van der Waals surface area contributed by atoms with Crippen LogP contribution in [-0.2, 0) is 16.0 Å². The SMILES string of the molecule is COC(=O)Cc1cc(Cl)cnc1C. The van der Waals surface area contributed by atoms with Gasteiger partial charge < -0.3 is 4.74 Å². The van der Waals surface area contributed by atoms with Crippen molar-refractivity contribution in [2.75, 3.05) is 7.11 Å². The second-order valence-electron chi connectivity index (χ2n) is 2.65. The van der Waals surface area contributed by atoms with Gasteiger partial charge in [0, 0.05) is 11.9 Å². The number of methoxy groups -OCH3 is 1. The fourth-order valence-corrected chi connectivity index (χ4v) is 1.14. The Balaban J connectivity index is 2.87. The van der Waals surface area contributed by atoms with Gasteiger partial charge in [0.15, 0.2) is 0 Å². The van der Waals surface area contributed by atoms with Gasteiger partial charge in [0.1, 0.15) is 0 Å². The van der Waals surface area contributed by atoms with Crippen molar-refractivity contribution >= 4 is 17.6 Å². The molecule has 0 saturated heterocycles. The predicted octanol–water partition coefficient (Wildman–Crippen LogP) is 1.76. The van der Waals surface area contributed by atoms with E-state index in [0.29, 0.717) is 5.02 Å². The molecule has 0 aliphatic carbocycles. The standard InChI is InChI=1S/C9H10ClNO2/c1-6-7(4-9(12)13-2)3-8(10)5-11-6/h3,5H,4H2,1-2H3. The van der Waals surface area contributed by atoms with E-state index in [1.807, 2.05) is 6.92 Å². The molecule has 0 amide bonds. The van der Waals surface area contributed by atoms with Gasteiger partial charge in [-0.2, -0.15) is 0 Å². The van der Waals surface area contributed by atoms with Gasteiger partial charge in [-0.25, -0.2) is 0 Å². The highest BCUT2D eigenvalue weighted by atomic mass is 35.5. The van der Waals surface area contributed by atoms with Crippen LogP contribution in [-0.4, -0.2) is 18.1 Å². The summed E-state index contributed by atoms with van der Waals surface area (Å²) in [4.78, 5) is 15.0. The molecular formula is C9H10ClNO2. The summed E-state index contributed by atoms with van der Waals surface area (Å²) in [6, 6.07) is 1.72. The third kappa shape index (κ3) is 2.70. The van der Waals surface area contributed by atoms with Crippen molar-refractivity contribution in [3.05, 3.63) is 28.5 Å². The first-order chi connectivity index (χ1) is 6.13. The fourth-order valence-electron chi connectivity index (χ4n) is 0.956. The lowest BCUT2D eigenvalue weighted by Gasteiger charge is -2.03. The molecular weight excluding hydrogens is 190 g/mol. The van der Waals surface area contributed by atoms with Crippen LogP contribution >= 0.6 is 11.6 Å². The maximum absolute atomic E-state index is 11.0. The normalized spacial score (nSPS) is 9.77. The zero-order chi connectivity index (χ0) is 9.84. The Kier molecular flexibility index (Phi) is 3.25. The first-order valence-electron chi connectivity index (χ1n) is 3.81. The zero-order valence-corrected chi connectivity index (χ0v) is 8.26. The van der Waals surface area contributed by atoms with Gasteiger partial charge in [-0.05, 0) is 18.6 Å². The van der Waals surface area contributed by atoms with Crippen molar-refractivity contribution in [1.29, 1.82) is 0 Å². The van der Waals surface area contributed by atoms with Crippen LogP contribution in [0, 0.1) is 6.92 Å². The topological polar surface area (TPSA) is 39.2 Å². The van der Waals surface area contributed by atoms with Crippen molar-refractivity contribution < 1.29 is 9.53 Å². The van der Waals surface area contributed by atoms with Crippen LogP contribution < -0.4 is 0 Å². The monoisotopic (exact) mass is 199 g/mol. The molecule has 0 radical (unpaired) electrons. The van der Waals surface area contributed by atoms with Crippen molar-refractivity contribution in [3.63, 3.8) is 0 Å². The molecule has 3 nitrogen and oxygen atoms in total. The number of esters is 1. The highest BCUT2D eigenvalue weighted by molar-refractivity contribution is 6.30. The van der Waals surface area contributed by atoms with Crippen LogP contribution in [0.25, 0.3) is 0 Å². The molecule has 1 aromatic rings. The molecule has 70 valence electrons. The number of ether oxygens (including phenoxy) is 1. The summed E-state index contributed by atoms with van der Waals surface area (Å²) in [5.74, 6) is -0.285. The van der Waals surface area contributed by atoms with Crippen LogP contribution in [0.3, 0.4) is 0 Å². The van der Waals surface area contributed by atoms with E-state index in [4.69, 9.17) is 11.6 Å². The van der Waals surface area contributed by atoms with Gasteiger partial charge in [0.25, 0.3) is 0 Å². The molecule has 1 heterocycles. The molecule has 0 atom stereocenters. The molecule has 0 unspecified atom stereocenters. The average Bonchev–Trinajstić information content (AvgIpc) is 2.11. The summed E-state index contributed by atoms with van der Waals surface area (Å²) in [5.41, 5.74) is 1.61. The highest BCUT2D eigenvalue weighted by Gasteiger charge is 2.06. The van der Waals surface area contributed by atoms with Gasteiger partial charge in [-0.1, -0.05) is 11.6 Å². The first-order valence-corrected chi connectivity index (χ1v) is 4.19. The van der Waals surface area contributed by atoms with Gasteiger partial charge in [-0.15, -0.1) is 0 Å². The molecule has 0 aliphatic rings. The molecule has 1 aromatic heterocycles. The molecule has 0 bridgehead atoms. The van der Waals surface area contributed by atoms with E-state index in [0.717, 1.165) is 11.3 Å². The van der Waals surface area contributed by atoms with E-state index < -0.39 is 0 Å². The number of nitrogens with zero attached hydrogens (tertiary/aromatic N) is 1. The van der Waals surface area contributed by atoms with Gasteiger partial charge >= 0.3 is 5.97 Å². The Morgan fingerprint density at radius 1 is 1.69 bits per heavy atom. The van der Waals surface area contributed by atoms with E-state index in [1.54, 1.807) is 12.3 Å². The molecule has 4 heteroatoms. The second-order valence-corrected chi connectivity index (χ2v) is 3.09. The zero-order valence-electron chi connectivity index (χ0n) is 7.50. The largest absolute Gasteiger partial charge is 0.469 e. The summed E-state index contributed by atoms with van der Waals surface area (Å²) < 4.78 is 4.54. The lowest BCUT2D eigenvalue weighted by Crippen LogP contribution is -2.06. The highest BCUT2D eigenvalue weighted by Crippen LogP contribution is 2.13. The van der Waals surface area contributed by atoms with Gasteiger partial charge in [-0.3, -0.25) is 9.78 Å². The number of carbonyl (C=O) groups excluding carboxylic acids is 1. The van der Waals surface area contributed by atoms with Crippen LogP contribution in [0.5, 0.6) is 0 Å². The Morgan fingerprint density at radius 3 is 3.00 bits per heavy atom. The second kappa shape index (κ2) is 4.23. The van der Waals surface area contributed by atoms with Crippen LogP contribution in [0.1, 0.15) is 11.3 Å². The van der Waals surface area contributed by atoms with Crippen molar-refractivity contribution in [3.8, 4) is 0 Å². The van der Waals surface area contributed by atoms with Crippen LogP contribution in [0.2, 0.25) is 5.02 Å². The quantitative estimate of drug-likeness (QED) is 0.682. The number of pyridine rings is 1. The summed E-state index contributed by atoms with van der Waals surface area (Å²) in [6.45, 7) is 1.83. The molecule has 1 rings (SSSR count). The summed E-state index contributed by atoms with van der Waals surface area (Å²) in [5, 5.41) is 0.532. The van der Waals surface area contributed by atoms with Gasteiger partial charge in [0.2, 0.25) is 0 Å². The molecule has 0 spiro atoms.